The number of hydrogen-bond acceptors (Lipinski definition) is 4. The first-order valence-electron chi connectivity index (χ1n) is 8.04. The number of aliphatic imine (C=N–C) groups is 1. The minimum Gasteiger partial charge on any atom is -0.373 e. The van der Waals surface area contributed by atoms with Gasteiger partial charge in [-0.25, -0.2) is 4.99 Å². The topological polar surface area (TPSA) is 66.0 Å². The van der Waals surface area contributed by atoms with Crippen molar-refractivity contribution in [1.29, 1.82) is 0 Å². The van der Waals surface area contributed by atoms with Crippen LogP contribution in [-0.2, 0) is 16.1 Å². The smallest absolute Gasteiger partial charge is 0.243 e. The Hall–Kier alpha value is -0.870. The van der Waals surface area contributed by atoms with E-state index in [1.165, 1.54) is 4.88 Å². The third-order valence-electron chi connectivity index (χ3n) is 4.31. The van der Waals surface area contributed by atoms with Crippen molar-refractivity contribution >= 4 is 47.2 Å². The predicted molar refractivity (Wildman–Crippen MR) is 107 cm³/mol. The van der Waals surface area contributed by atoms with Crippen molar-refractivity contribution in [1.82, 2.24) is 15.5 Å². The zero-order chi connectivity index (χ0) is 16.2. The van der Waals surface area contributed by atoms with Gasteiger partial charge in [-0.3, -0.25) is 4.79 Å². The number of fused-ring (bicyclic) bond motifs is 2. The third kappa shape index (κ3) is 5.06. The van der Waals surface area contributed by atoms with Gasteiger partial charge in [0.25, 0.3) is 0 Å². The molecule has 2 aliphatic heterocycles. The first-order valence-corrected chi connectivity index (χ1v) is 8.92. The number of hydrogen-bond donors (Lipinski definition) is 2. The molecule has 24 heavy (non-hydrogen) atoms. The van der Waals surface area contributed by atoms with Crippen LogP contribution >= 0.6 is 35.3 Å². The number of nitrogens with one attached hydrogen (secondary N) is 2. The van der Waals surface area contributed by atoms with Crippen molar-refractivity contribution in [2.75, 3.05) is 20.6 Å². The van der Waals surface area contributed by atoms with E-state index in [0.29, 0.717) is 18.6 Å². The first-order chi connectivity index (χ1) is 11.1. The van der Waals surface area contributed by atoms with Crippen LogP contribution < -0.4 is 10.6 Å². The molecule has 3 atom stereocenters. The largest absolute Gasteiger partial charge is 0.373 e. The van der Waals surface area contributed by atoms with E-state index in [1.54, 1.807) is 30.3 Å². The molecule has 1 aromatic heterocycles. The van der Waals surface area contributed by atoms with Gasteiger partial charge in [0.15, 0.2) is 5.96 Å². The van der Waals surface area contributed by atoms with Crippen LogP contribution in [-0.4, -0.2) is 55.7 Å². The molecule has 134 valence electrons. The highest BCUT2D eigenvalue weighted by Crippen LogP contribution is 2.34. The van der Waals surface area contributed by atoms with E-state index >= 15 is 0 Å². The van der Waals surface area contributed by atoms with Crippen molar-refractivity contribution < 1.29 is 9.53 Å². The molecule has 3 unspecified atom stereocenters. The standard InChI is InChI=1S/C16H24N4O2S.HI/c1-20(2)15(21)10-18-16(17-9-12-4-3-7-23-12)19-13-8-11-5-6-14(13)22-11;/h3-4,7,11,13-14H,5-6,8-10H2,1-2H3,(H2,17,18,19);1H. The molecular weight excluding hydrogens is 439 g/mol. The first kappa shape index (κ1) is 19.5. The fraction of sp³-hybridized carbons (Fsp3) is 0.625. The molecule has 2 fully saturated rings. The lowest BCUT2D eigenvalue weighted by molar-refractivity contribution is -0.127. The number of nitrogens with zero attached hydrogens (tertiary/aromatic N) is 2. The van der Waals surface area contributed by atoms with Crippen molar-refractivity contribution in [3.05, 3.63) is 22.4 Å². The Morgan fingerprint density at radius 1 is 1.46 bits per heavy atom. The second-order valence-corrected chi connectivity index (χ2v) is 7.28. The van der Waals surface area contributed by atoms with E-state index in [2.05, 4.69) is 27.1 Å². The Kier molecular flexibility index (Phi) is 7.30. The third-order valence-corrected chi connectivity index (χ3v) is 5.19. The van der Waals surface area contributed by atoms with E-state index in [1.807, 2.05) is 6.07 Å². The molecular formula is C16H25IN4O2S. The fourth-order valence-electron chi connectivity index (χ4n) is 2.99. The van der Waals surface area contributed by atoms with Gasteiger partial charge in [-0.2, -0.15) is 0 Å². The van der Waals surface area contributed by atoms with Gasteiger partial charge < -0.3 is 20.3 Å². The summed E-state index contributed by atoms with van der Waals surface area (Å²) in [5, 5.41) is 8.83. The normalized spacial score (nSPS) is 25.2. The van der Waals surface area contributed by atoms with Crippen LogP contribution in [0.3, 0.4) is 0 Å². The number of halogens is 1. The van der Waals surface area contributed by atoms with Crippen molar-refractivity contribution in [2.24, 2.45) is 4.99 Å². The van der Waals surface area contributed by atoms with Gasteiger partial charge in [-0.15, -0.1) is 35.3 Å². The summed E-state index contributed by atoms with van der Waals surface area (Å²) in [5.41, 5.74) is 0. The summed E-state index contributed by atoms with van der Waals surface area (Å²) in [6.45, 7) is 0.857. The Labute approximate surface area is 164 Å². The van der Waals surface area contributed by atoms with E-state index in [9.17, 15) is 4.79 Å². The molecule has 2 N–H and O–H groups in total. The van der Waals surface area contributed by atoms with Crippen LogP contribution in [0.15, 0.2) is 22.5 Å². The number of carbonyl (C=O) groups excluding carboxylic acids is 1. The average Bonchev–Trinajstić information content (AvgIpc) is 3.26. The van der Waals surface area contributed by atoms with Gasteiger partial charge in [0.1, 0.15) is 6.54 Å². The number of carbonyl (C=O) groups is 1. The summed E-state index contributed by atoms with van der Waals surface area (Å²) < 4.78 is 5.88. The number of rotatable bonds is 5. The number of guanidine groups is 1. The maximum Gasteiger partial charge on any atom is 0.243 e. The number of ether oxygens (including phenoxy) is 1. The van der Waals surface area contributed by atoms with Gasteiger partial charge >= 0.3 is 0 Å². The van der Waals surface area contributed by atoms with Gasteiger partial charge in [0, 0.05) is 19.0 Å². The summed E-state index contributed by atoms with van der Waals surface area (Å²) in [5.74, 6) is 0.682. The summed E-state index contributed by atoms with van der Waals surface area (Å²) in [4.78, 5) is 19.0. The monoisotopic (exact) mass is 464 g/mol. The maximum absolute atomic E-state index is 11.8. The fourth-order valence-corrected chi connectivity index (χ4v) is 3.63. The van der Waals surface area contributed by atoms with Crippen molar-refractivity contribution in [3.8, 4) is 0 Å². The van der Waals surface area contributed by atoms with Crippen LogP contribution in [0, 0.1) is 0 Å². The minimum absolute atomic E-state index is 0. The minimum atomic E-state index is -0.00795. The lowest BCUT2D eigenvalue weighted by atomic mass is 9.96. The predicted octanol–water partition coefficient (Wildman–Crippen LogP) is 1.81. The number of amides is 1. The van der Waals surface area contributed by atoms with Crippen LogP contribution in [0.1, 0.15) is 24.1 Å². The second-order valence-electron chi connectivity index (χ2n) is 6.25. The summed E-state index contributed by atoms with van der Waals surface area (Å²) in [7, 11) is 3.49. The molecule has 0 aromatic carbocycles. The number of thiophene rings is 1. The van der Waals surface area contributed by atoms with Crippen molar-refractivity contribution in [3.63, 3.8) is 0 Å². The molecule has 2 bridgehead atoms. The van der Waals surface area contributed by atoms with E-state index in [-0.39, 0.29) is 48.6 Å². The molecule has 3 heterocycles. The maximum atomic E-state index is 11.8. The molecule has 0 radical (unpaired) electrons. The van der Waals surface area contributed by atoms with Gasteiger partial charge in [0.05, 0.1) is 24.8 Å². The van der Waals surface area contributed by atoms with Crippen LogP contribution in [0.2, 0.25) is 0 Å². The summed E-state index contributed by atoms with van der Waals surface area (Å²) in [6, 6.07) is 4.41. The Morgan fingerprint density at radius 2 is 2.29 bits per heavy atom. The second kappa shape index (κ2) is 9.00. The van der Waals surface area contributed by atoms with Crippen molar-refractivity contribution in [2.45, 2.75) is 44.1 Å². The quantitative estimate of drug-likeness (QED) is 0.397. The molecule has 0 aliphatic carbocycles. The highest BCUT2D eigenvalue weighted by molar-refractivity contribution is 14.0. The zero-order valence-electron chi connectivity index (χ0n) is 14.0. The molecule has 2 aliphatic rings. The highest BCUT2D eigenvalue weighted by atomic mass is 127. The lowest BCUT2D eigenvalue weighted by Crippen LogP contribution is -2.47. The van der Waals surface area contributed by atoms with Crippen LogP contribution in [0.5, 0.6) is 0 Å². The Morgan fingerprint density at radius 3 is 2.88 bits per heavy atom. The van der Waals surface area contributed by atoms with Gasteiger partial charge in [-0.1, -0.05) is 6.07 Å². The van der Waals surface area contributed by atoms with Crippen LogP contribution in [0.4, 0.5) is 0 Å². The Balaban J connectivity index is 0.00000208. The molecule has 6 nitrogen and oxygen atoms in total. The van der Waals surface area contributed by atoms with E-state index in [4.69, 9.17) is 4.74 Å². The molecule has 1 amide bonds. The molecule has 8 heteroatoms. The molecule has 0 saturated carbocycles. The van der Waals surface area contributed by atoms with Gasteiger partial charge in [-0.05, 0) is 30.7 Å². The lowest BCUT2D eigenvalue weighted by Gasteiger charge is -2.23. The van der Waals surface area contributed by atoms with Gasteiger partial charge in [0.2, 0.25) is 5.91 Å². The molecule has 3 rings (SSSR count). The SMILES string of the molecule is CN(C)C(=O)CN=C(NCc1cccs1)NC1CC2CCC1O2.I. The highest BCUT2D eigenvalue weighted by Gasteiger charge is 2.41. The zero-order valence-corrected chi connectivity index (χ0v) is 17.2. The molecule has 1 aromatic rings. The van der Waals surface area contributed by atoms with Crippen LogP contribution in [0.25, 0.3) is 0 Å². The molecule has 0 spiro atoms. The summed E-state index contributed by atoms with van der Waals surface area (Å²) >= 11 is 1.70. The average molecular weight is 464 g/mol. The molecule has 2 saturated heterocycles. The Bertz CT molecular complexity index is 564. The number of likely N-dealkylation sites (N-methyl/N-ethyl adjacent to an activating group) is 1. The van der Waals surface area contributed by atoms with E-state index < -0.39 is 0 Å². The van der Waals surface area contributed by atoms with E-state index in [0.717, 1.165) is 19.3 Å². The summed E-state index contributed by atoms with van der Waals surface area (Å²) in [6.07, 6.45) is 3.96.